The second-order valence-corrected chi connectivity index (χ2v) is 11.1. The standard InChI is InChI=1S/C29H35N3O4S/c1-6-30-29(34)24(5)31(19-25-9-7-8-23(4)18-25)28(33)20-32(26-14-10-21(2)11-15-26)37(35,36)27-16-12-22(3)13-17-27/h7-18,24H,6,19-20H2,1-5H3,(H,30,34). The Bertz CT molecular complexity index is 1340. The molecule has 0 bridgehead atoms. The van der Waals surface area contributed by atoms with Crippen molar-refractivity contribution >= 4 is 27.5 Å². The summed E-state index contributed by atoms with van der Waals surface area (Å²) in [6.45, 7) is 9.35. The van der Waals surface area contributed by atoms with Gasteiger partial charge in [-0.15, -0.1) is 0 Å². The summed E-state index contributed by atoms with van der Waals surface area (Å²) in [4.78, 5) is 28.1. The third-order valence-electron chi connectivity index (χ3n) is 6.16. The average molecular weight is 522 g/mol. The molecule has 8 heteroatoms. The van der Waals surface area contributed by atoms with Crippen LogP contribution in [0.25, 0.3) is 0 Å². The molecule has 0 heterocycles. The first-order valence-electron chi connectivity index (χ1n) is 12.3. The summed E-state index contributed by atoms with van der Waals surface area (Å²) in [6, 6.07) is 20.4. The van der Waals surface area contributed by atoms with Crippen molar-refractivity contribution in [1.82, 2.24) is 10.2 Å². The summed E-state index contributed by atoms with van der Waals surface area (Å²) in [5, 5.41) is 2.77. The number of nitrogens with one attached hydrogen (secondary N) is 1. The van der Waals surface area contributed by atoms with Gasteiger partial charge in [-0.25, -0.2) is 8.42 Å². The van der Waals surface area contributed by atoms with Gasteiger partial charge in [0.2, 0.25) is 11.8 Å². The average Bonchev–Trinajstić information content (AvgIpc) is 2.86. The van der Waals surface area contributed by atoms with Crippen molar-refractivity contribution in [3.63, 3.8) is 0 Å². The Morgan fingerprint density at radius 1 is 0.865 bits per heavy atom. The number of nitrogens with zero attached hydrogens (tertiary/aromatic N) is 2. The zero-order valence-electron chi connectivity index (χ0n) is 22.1. The summed E-state index contributed by atoms with van der Waals surface area (Å²) in [5.74, 6) is -0.775. The predicted molar refractivity (Wildman–Crippen MR) is 147 cm³/mol. The Morgan fingerprint density at radius 3 is 2.03 bits per heavy atom. The van der Waals surface area contributed by atoms with Crippen molar-refractivity contribution in [2.45, 2.75) is 52.1 Å². The van der Waals surface area contributed by atoms with E-state index in [1.807, 2.05) is 52.0 Å². The van der Waals surface area contributed by atoms with Crippen LogP contribution in [-0.4, -0.2) is 44.3 Å². The van der Waals surface area contributed by atoms with E-state index in [4.69, 9.17) is 0 Å². The van der Waals surface area contributed by atoms with E-state index < -0.39 is 28.5 Å². The largest absolute Gasteiger partial charge is 0.355 e. The SMILES string of the molecule is CCNC(=O)C(C)N(Cc1cccc(C)c1)C(=O)CN(c1ccc(C)cc1)S(=O)(=O)c1ccc(C)cc1. The van der Waals surface area contributed by atoms with Crippen LogP contribution in [0, 0.1) is 20.8 Å². The summed E-state index contributed by atoms with van der Waals surface area (Å²) < 4.78 is 28.7. The Balaban J connectivity index is 2.02. The van der Waals surface area contributed by atoms with Gasteiger partial charge in [-0.2, -0.15) is 0 Å². The van der Waals surface area contributed by atoms with Crippen LogP contribution in [0.4, 0.5) is 5.69 Å². The van der Waals surface area contributed by atoms with Crippen molar-refractivity contribution < 1.29 is 18.0 Å². The molecular weight excluding hydrogens is 486 g/mol. The molecule has 0 aliphatic carbocycles. The van der Waals surface area contributed by atoms with Crippen molar-refractivity contribution in [2.75, 3.05) is 17.4 Å². The highest BCUT2D eigenvalue weighted by Crippen LogP contribution is 2.25. The first-order valence-corrected chi connectivity index (χ1v) is 13.8. The van der Waals surface area contributed by atoms with Gasteiger partial charge >= 0.3 is 0 Å². The minimum Gasteiger partial charge on any atom is -0.355 e. The lowest BCUT2D eigenvalue weighted by atomic mass is 10.1. The second-order valence-electron chi connectivity index (χ2n) is 9.24. The van der Waals surface area contributed by atoms with Crippen LogP contribution >= 0.6 is 0 Å². The molecule has 7 nitrogen and oxygen atoms in total. The van der Waals surface area contributed by atoms with Crippen LogP contribution in [0.5, 0.6) is 0 Å². The van der Waals surface area contributed by atoms with E-state index in [0.717, 1.165) is 26.6 Å². The van der Waals surface area contributed by atoms with Crippen LogP contribution < -0.4 is 9.62 Å². The smallest absolute Gasteiger partial charge is 0.264 e. The second kappa shape index (κ2) is 12.1. The Labute approximate surface area is 220 Å². The Hall–Kier alpha value is -3.65. The first-order chi connectivity index (χ1) is 17.5. The summed E-state index contributed by atoms with van der Waals surface area (Å²) >= 11 is 0. The molecule has 1 N–H and O–H groups in total. The van der Waals surface area contributed by atoms with Crippen LogP contribution in [0.1, 0.15) is 36.1 Å². The van der Waals surface area contributed by atoms with Gasteiger partial charge in [-0.1, -0.05) is 65.2 Å². The van der Waals surface area contributed by atoms with E-state index >= 15 is 0 Å². The number of carbonyl (C=O) groups excluding carboxylic acids is 2. The number of likely N-dealkylation sites (N-methyl/N-ethyl adjacent to an activating group) is 1. The number of sulfonamides is 1. The van der Waals surface area contributed by atoms with Crippen molar-refractivity contribution in [2.24, 2.45) is 0 Å². The number of hydrogen-bond donors (Lipinski definition) is 1. The maximum Gasteiger partial charge on any atom is 0.264 e. The first kappa shape index (κ1) is 27.9. The minimum absolute atomic E-state index is 0.0912. The molecule has 3 aromatic rings. The quantitative estimate of drug-likeness (QED) is 0.430. The van der Waals surface area contributed by atoms with E-state index in [0.29, 0.717) is 12.2 Å². The topological polar surface area (TPSA) is 86.8 Å². The van der Waals surface area contributed by atoms with Gasteiger partial charge in [0.15, 0.2) is 0 Å². The highest BCUT2D eigenvalue weighted by atomic mass is 32.2. The van der Waals surface area contributed by atoms with E-state index in [2.05, 4.69) is 5.32 Å². The van der Waals surface area contributed by atoms with Crippen LogP contribution in [0.3, 0.4) is 0 Å². The van der Waals surface area contributed by atoms with Gasteiger partial charge in [-0.05, 0) is 64.4 Å². The molecule has 0 saturated carbocycles. The summed E-state index contributed by atoms with van der Waals surface area (Å²) in [5.41, 5.74) is 4.15. The molecule has 0 aromatic heterocycles. The maximum absolute atomic E-state index is 13.8. The molecular formula is C29H35N3O4S. The molecule has 0 spiro atoms. The minimum atomic E-state index is -4.06. The number of benzene rings is 3. The number of hydrogen-bond acceptors (Lipinski definition) is 4. The van der Waals surface area contributed by atoms with Crippen molar-refractivity contribution in [3.8, 4) is 0 Å². The fourth-order valence-corrected chi connectivity index (χ4v) is 5.40. The monoisotopic (exact) mass is 521 g/mol. The van der Waals surface area contributed by atoms with Crippen molar-refractivity contribution in [1.29, 1.82) is 0 Å². The zero-order valence-corrected chi connectivity index (χ0v) is 22.9. The molecule has 0 aliphatic rings. The number of carbonyl (C=O) groups is 2. The molecule has 0 radical (unpaired) electrons. The zero-order chi connectivity index (χ0) is 27.2. The van der Waals surface area contributed by atoms with Gasteiger partial charge in [0.25, 0.3) is 10.0 Å². The molecule has 37 heavy (non-hydrogen) atoms. The third kappa shape index (κ3) is 6.98. The lowest BCUT2D eigenvalue weighted by Gasteiger charge is -2.32. The number of anilines is 1. The number of rotatable bonds is 10. The van der Waals surface area contributed by atoms with Crippen LogP contribution in [0.15, 0.2) is 77.7 Å². The third-order valence-corrected chi connectivity index (χ3v) is 7.95. The lowest BCUT2D eigenvalue weighted by Crippen LogP contribution is -2.51. The van der Waals surface area contributed by atoms with Crippen LogP contribution in [-0.2, 0) is 26.2 Å². The van der Waals surface area contributed by atoms with E-state index in [1.165, 1.54) is 17.0 Å². The van der Waals surface area contributed by atoms with Gasteiger partial charge in [-0.3, -0.25) is 13.9 Å². The molecule has 1 unspecified atom stereocenters. The van der Waals surface area contributed by atoms with Gasteiger partial charge in [0, 0.05) is 13.1 Å². The van der Waals surface area contributed by atoms with Gasteiger partial charge < -0.3 is 10.2 Å². The Morgan fingerprint density at radius 2 is 1.46 bits per heavy atom. The highest BCUT2D eigenvalue weighted by molar-refractivity contribution is 7.92. The Kier molecular flexibility index (Phi) is 9.10. The normalized spacial score (nSPS) is 12.0. The highest BCUT2D eigenvalue weighted by Gasteiger charge is 2.32. The molecule has 0 aliphatic heterocycles. The van der Waals surface area contributed by atoms with E-state index in [1.54, 1.807) is 43.3 Å². The van der Waals surface area contributed by atoms with E-state index in [9.17, 15) is 18.0 Å². The molecule has 0 saturated heterocycles. The van der Waals surface area contributed by atoms with Crippen LogP contribution in [0.2, 0.25) is 0 Å². The molecule has 2 amide bonds. The molecule has 0 fully saturated rings. The van der Waals surface area contributed by atoms with E-state index in [-0.39, 0.29) is 17.3 Å². The summed E-state index contributed by atoms with van der Waals surface area (Å²) in [7, 11) is -4.06. The number of aryl methyl sites for hydroxylation is 3. The maximum atomic E-state index is 13.8. The molecule has 1 atom stereocenters. The lowest BCUT2D eigenvalue weighted by molar-refractivity contribution is -0.139. The van der Waals surface area contributed by atoms with Gasteiger partial charge in [0.1, 0.15) is 12.6 Å². The van der Waals surface area contributed by atoms with Crippen molar-refractivity contribution in [3.05, 3.63) is 95.1 Å². The molecule has 3 rings (SSSR count). The fourth-order valence-electron chi connectivity index (χ4n) is 3.99. The molecule has 196 valence electrons. The summed E-state index contributed by atoms with van der Waals surface area (Å²) in [6.07, 6.45) is 0. The molecule has 3 aromatic carbocycles. The van der Waals surface area contributed by atoms with Gasteiger partial charge in [0.05, 0.1) is 10.6 Å². The number of amides is 2. The fraction of sp³-hybridized carbons (Fsp3) is 0.310. The predicted octanol–water partition coefficient (Wildman–Crippen LogP) is 4.36.